The van der Waals surface area contributed by atoms with E-state index < -0.39 is 0 Å². The number of aromatic nitrogens is 1. The maximum atomic E-state index is 12.5. The van der Waals surface area contributed by atoms with E-state index in [1.165, 1.54) is 0 Å². The third-order valence-electron chi connectivity index (χ3n) is 3.29. The van der Waals surface area contributed by atoms with Crippen molar-refractivity contribution in [3.63, 3.8) is 0 Å². The van der Waals surface area contributed by atoms with Gasteiger partial charge in [0.05, 0.1) is 12.2 Å². The Hall–Kier alpha value is -1.81. The van der Waals surface area contributed by atoms with E-state index >= 15 is 0 Å². The van der Waals surface area contributed by atoms with E-state index in [1.54, 1.807) is 18.0 Å². The van der Waals surface area contributed by atoms with Crippen molar-refractivity contribution in [2.24, 2.45) is 0 Å². The van der Waals surface area contributed by atoms with Crippen LogP contribution in [0, 0.1) is 0 Å². The molecule has 19 heavy (non-hydrogen) atoms. The molecule has 1 aliphatic rings. The third-order valence-corrected chi connectivity index (χ3v) is 4.02. The van der Waals surface area contributed by atoms with Crippen LogP contribution >= 0.6 is 11.8 Å². The minimum absolute atomic E-state index is 0.0777. The summed E-state index contributed by atoms with van der Waals surface area (Å²) in [7, 11) is 0. The number of fused-ring (bicyclic) bond motifs is 1. The number of nitrogens with zero attached hydrogens (tertiary/aromatic N) is 2. The first kappa shape index (κ1) is 12.2. The van der Waals surface area contributed by atoms with E-state index in [1.807, 2.05) is 47.6 Å². The average Bonchev–Trinajstić information content (AvgIpc) is 2.90. The quantitative estimate of drug-likeness (QED) is 0.787. The fourth-order valence-electron chi connectivity index (χ4n) is 2.28. The smallest absolute Gasteiger partial charge is 0.254 e. The zero-order valence-corrected chi connectivity index (χ0v) is 11.5. The summed E-state index contributed by atoms with van der Waals surface area (Å²) < 4.78 is 0. The highest BCUT2D eigenvalue weighted by Crippen LogP contribution is 2.23. The summed E-state index contributed by atoms with van der Waals surface area (Å²) in [5.74, 6) is 0.0777. The van der Waals surface area contributed by atoms with Crippen LogP contribution < -0.4 is 0 Å². The van der Waals surface area contributed by atoms with Crippen molar-refractivity contribution in [3.05, 3.63) is 59.4 Å². The predicted molar refractivity (Wildman–Crippen MR) is 76.0 cm³/mol. The molecule has 96 valence electrons. The first-order chi connectivity index (χ1) is 9.28. The van der Waals surface area contributed by atoms with Crippen LogP contribution in [0.5, 0.6) is 0 Å². The Morgan fingerprint density at radius 1 is 1.26 bits per heavy atom. The molecular formula is C15H14N2OS. The van der Waals surface area contributed by atoms with Crippen LogP contribution in [0.3, 0.4) is 0 Å². The number of rotatable bonds is 2. The summed E-state index contributed by atoms with van der Waals surface area (Å²) in [6, 6.07) is 11.7. The first-order valence-electron chi connectivity index (χ1n) is 6.14. The number of benzene rings is 1. The minimum Gasteiger partial charge on any atom is -0.328 e. The van der Waals surface area contributed by atoms with Crippen molar-refractivity contribution >= 4 is 17.7 Å². The van der Waals surface area contributed by atoms with Gasteiger partial charge in [0.1, 0.15) is 0 Å². The van der Waals surface area contributed by atoms with Gasteiger partial charge in [-0.05, 0) is 36.1 Å². The molecule has 1 amide bonds. The van der Waals surface area contributed by atoms with Gasteiger partial charge in [-0.1, -0.05) is 12.1 Å². The number of hydrogen-bond acceptors (Lipinski definition) is 3. The Kier molecular flexibility index (Phi) is 3.25. The summed E-state index contributed by atoms with van der Waals surface area (Å²) in [4.78, 5) is 19.7. The topological polar surface area (TPSA) is 33.2 Å². The van der Waals surface area contributed by atoms with E-state index in [9.17, 15) is 4.79 Å². The maximum absolute atomic E-state index is 12.5. The molecule has 0 radical (unpaired) electrons. The van der Waals surface area contributed by atoms with E-state index in [-0.39, 0.29) is 5.91 Å². The lowest BCUT2D eigenvalue weighted by Gasteiger charge is -2.15. The van der Waals surface area contributed by atoms with Crippen LogP contribution in [0.2, 0.25) is 0 Å². The van der Waals surface area contributed by atoms with Gasteiger partial charge < -0.3 is 4.90 Å². The van der Waals surface area contributed by atoms with Gasteiger partial charge in [0, 0.05) is 23.2 Å². The number of thioether (sulfide) groups is 1. The van der Waals surface area contributed by atoms with Gasteiger partial charge in [-0.3, -0.25) is 9.78 Å². The molecule has 2 heterocycles. The van der Waals surface area contributed by atoms with E-state index in [0.29, 0.717) is 13.1 Å². The van der Waals surface area contributed by atoms with Crippen LogP contribution in [-0.4, -0.2) is 22.0 Å². The van der Waals surface area contributed by atoms with Crippen LogP contribution in [0.1, 0.15) is 21.6 Å². The van der Waals surface area contributed by atoms with Gasteiger partial charge >= 0.3 is 0 Å². The van der Waals surface area contributed by atoms with Gasteiger partial charge in [0.2, 0.25) is 0 Å². The molecule has 0 bridgehead atoms. The molecule has 3 rings (SSSR count). The van der Waals surface area contributed by atoms with Crippen molar-refractivity contribution in [1.29, 1.82) is 0 Å². The minimum atomic E-state index is 0.0777. The lowest BCUT2D eigenvalue weighted by molar-refractivity contribution is 0.0750. The summed E-state index contributed by atoms with van der Waals surface area (Å²) in [5, 5.41) is 0. The first-order valence-corrected chi connectivity index (χ1v) is 7.36. The van der Waals surface area contributed by atoms with Crippen molar-refractivity contribution < 1.29 is 4.79 Å². The van der Waals surface area contributed by atoms with E-state index in [2.05, 4.69) is 4.98 Å². The van der Waals surface area contributed by atoms with Crippen molar-refractivity contribution in [2.75, 3.05) is 6.26 Å². The summed E-state index contributed by atoms with van der Waals surface area (Å²) in [5.41, 5.74) is 2.91. The number of amides is 1. The lowest BCUT2D eigenvalue weighted by Crippen LogP contribution is -2.25. The number of pyridine rings is 1. The van der Waals surface area contributed by atoms with Crippen LogP contribution in [0.4, 0.5) is 0 Å². The van der Waals surface area contributed by atoms with E-state index in [4.69, 9.17) is 0 Å². The Labute approximate surface area is 116 Å². The highest BCUT2D eigenvalue weighted by molar-refractivity contribution is 7.98. The Balaban J connectivity index is 1.83. The fourth-order valence-corrected chi connectivity index (χ4v) is 2.74. The molecule has 0 fully saturated rings. The summed E-state index contributed by atoms with van der Waals surface area (Å²) in [6.07, 6.45) is 3.79. The molecule has 4 heteroatoms. The molecule has 2 aromatic rings. The van der Waals surface area contributed by atoms with Crippen molar-refractivity contribution in [2.45, 2.75) is 18.0 Å². The molecule has 0 saturated heterocycles. The van der Waals surface area contributed by atoms with Gasteiger partial charge in [-0.15, -0.1) is 11.8 Å². The number of hydrogen-bond donors (Lipinski definition) is 0. The highest BCUT2D eigenvalue weighted by Gasteiger charge is 2.24. The molecule has 1 aromatic carbocycles. The largest absolute Gasteiger partial charge is 0.328 e. The predicted octanol–water partition coefficient (Wildman–Crippen LogP) is 2.96. The van der Waals surface area contributed by atoms with Gasteiger partial charge in [0.15, 0.2) is 0 Å². The third kappa shape index (κ3) is 2.36. The molecule has 0 saturated carbocycles. The highest BCUT2D eigenvalue weighted by atomic mass is 32.2. The molecule has 3 nitrogen and oxygen atoms in total. The fraction of sp³-hybridized carbons (Fsp3) is 0.200. The molecule has 0 spiro atoms. The second kappa shape index (κ2) is 5.05. The maximum Gasteiger partial charge on any atom is 0.254 e. The normalized spacial score (nSPS) is 13.4. The van der Waals surface area contributed by atoms with E-state index in [0.717, 1.165) is 21.7 Å². The molecule has 0 unspecified atom stereocenters. The van der Waals surface area contributed by atoms with Crippen LogP contribution in [0.25, 0.3) is 0 Å². The Bertz CT molecular complexity index is 602. The van der Waals surface area contributed by atoms with Gasteiger partial charge in [-0.25, -0.2) is 0 Å². The Morgan fingerprint density at radius 3 is 2.95 bits per heavy atom. The molecular weight excluding hydrogens is 256 g/mol. The molecule has 1 aliphatic heterocycles. The lowest BCUT2D eigenvalue weighted by atomic mass is 10.2. The molecule has 1 aromatic heterocycles. The second-order valence-electron chi connectivity index (χ2n) is 4.50. The SMILES string of the molecule is CSc1cccc(C(=O)N2Cc3cccnc3C2)c1. The van der Waals surface area contributed by atoms with Crippen molar-refractivity contribution in [3.8, 4) is 0 Å². The summed E-state index contributed by atoms with van der Waals surface area (Å²) >= 11 is 1.65. The Morgan fingerprint density at radius 2 is 2.16 bits per heavy atom. The molecule has 0 atom stereocenters. The van der Waals surface area contributed by atoms with Crippen LogP contribution in [-0.2, 0) is 13.1 Å². The monoisotopic (exact) mass is 270 g/mol. The summed E-state index contributed by atoms with van der Waals surface area (Å²) in [6.45, 7) is 1.27. The van der Waals surface area contributed by atoms with Gasteiger partial charge in [-0.2, -0.15) is 0 Å². The standard InChI is InChI=1S/C15H14N2OS/c1-19-13-6-2-4-11(8-13)15(18)17-9-12-5-3-7-16-14(12)10-17/h2-8H,9-10H2,1H3. The number of carbonyl (C=O) groups is 1. The van der Waals surface area contributed by atoms with Crippen LogP contribution in [0.15, 0.2) is 47.5 Å². The number of carbonyl (C=O) groups excluding carboxylic acids is 1. The van der Waals surface area contributed by atoms with Gasteiger partial charge in [0.25, 0.3) is 5.91 Å². The van der Waals surface area contributed by atoms with Crippen molar-refractivity contribution in [1.82, 2.24) is 9.88 Å². The molecule has 0 aliphatic carbocycles. The zero-order chi connectivity index (χ0) is 13.2. The molecule has 0 N–H and O–H groups in total. The average molecular weight is 270 g/mol. The second-order valence-corrected chi connectivity index (χ2v) is 5.38. The zero-order valence-electron chi connectivity index (χ0n) is 10.7.